The van der Waals surface area contributed by atoms with Crippen LogP contribution in [0.25, 0.3) is 0 Å². The van der Waals surface area contributed by atoms with Crippen LogP contribution in [0, 0.1) is 5.82 Å². The van der Waals surface area contributed by atoms with Gasteiger partial charge in [0.05, 0.1) is 23.9 Å². The average Bonchev–Trinajstić information content (AvgIpc) is 2.41. The van der Waals surface area contributed by atoms with Crippen molar-refractivity contribution in [2.45, 2.75) is 6.42 Å². The molecular formula is C14H11FN2O3. The molecule has 6 heteroatoms. The van der Waals surface area contributed by atoms with E-state index in [9.17, 15) is 14.0 Å². The Hall–Kier alpha value is -2.76. The van der Waals surface area contributed by atoms with Gasteiger partial charge in [0.1, 0.15) is 5.82 Å². The normalized spacial score (nSPS) is 10.1. The summed E-state index contributed by atoms with van der Waals surface area (Å²) in [7, 11) is 0. The van der Waals surface area contributed by atoms with Gasteiger partial charge >= 0.3 is 5.97 Å². The van der Waals surface area contributed by atoms with Crippen LogP contribution in [0.3, 0.4) is 0 Å². The monoisotopic (exact) mass is 274 g/mol. The van der Waals surface area contributed by atoms with Crippen molar-refractivity contribution in [1.29, 1.82) is 0 Å². The number of carbonyl (C=O) groups is 2. The maximum atomic E-state index is 13.4. The molecule has 1 aromatic carbocycles. The summed E-state index contributed by atoms with van der Waals surface area (Å²) in [5.41, 5.74) is 0.493. The van der Waals surface area contributed by atoms with E-state index in [0.29, 0.717) is 0 Å². The maximum absolute atomic E-state index is 13.4. The first-order valence-corrected chi connectivity index (χ1v) is 5.78. The summed E-state index contributed by atoms with van der Waals surface area (Å²) < 4.78 is 13.4. The Morgan fingerprint density at radius 1 is 1.25 bits per heavy atom. The van der Waals surface area contributed by atoms with Crippen molar-refractivity contribution in [2.24, 2.45) is 0 Å². The lowest BCUT2D eigenvalue weighted by molar-refractivity contribution is -0.115. The predicted molar refractivity (Wildman–Crippen MR) is 69.9 cm³/mol. The fourth-order valence-electron chi connectivity index (χ4n) is 1.65. The Balaban J connectivity index is 2.07. The molecule has 0 bridgehead atoms. The molecule has 0 aliphatic carbocycles. The van der Waals surface area contributed by atoms with Gasteiger partial charge in [-0.15, -0.1) is 0 Å². The van der Waals surface area contributed by atoms with Gasteiger partial charge in [0.2, 0.25) is 5.91 Å². The second kappa shape index (κ2) is 5.92. The molecule has 0 saturated heterocycles. The number of hydrogen-bond acceptors (Lipinski definition) is 3. The fraction of sp³-hybridized carbons (Fsp3) is 0.0714. The Morgan fingerprint density at radius 3 is 2.70 bits per heavy atom. The second-order valence-electron chi connectivity index (χ2n) is 4.08. The molecule has 1 amide bonds. The molecule has 0 atom stereocenters. The quantitative estimate of drug-likeness (QED) is 0.894. The van der Waals surface area contributed by atoms with Crippen LogP contribution < -0.4 is 5.32 Å². The van der Waals surface area contributed by atoms with Crippen LogP contribution in [-0.2, 0) is 11.2 Å². The highest BCUT2D eigenvalue weighted by Crippen LogP contribution is 2.11. The van der Waals surface area contributed by atoms with E-state index in [2.05, 4.69) is 10.3 Å². The molecule has 102 valence electrons. The molecule has 0 aliphatic heterocycles. The number of hydrogen-bond donors (Lipinski definition) is 2. The van der Waals surface area contributed by atoms with Gasteiger partial charge in [-0.3, -0.25) is 9.78 Å². The molecule has 2 rings (SSSR count). The van der Waals surface area contributed by atoms with Crippen LogP contribution in [-0.4, -0.2) is 22.0 Å². The Labute approximate surface area is 114 Å². The molecule has 0 aliphatic rings. The van der Waals surface area contributed by atoms with Gasteiger partial charge in [-0.05, 0) is 17.7 Å². The van der Waals surface area contributed by atoms with Crippen molar-refractivity contribution >= 4 is 17.6 Å². The maximum Gasteiger partial charge on any atom is 0.337 e. The first-order valence-electron chi connectivity index (χ1n) is 5.78. The minimum Gasteiger partial charge on any atom is -0.478 e. The SMILES string of the molecule is O=C(Cc1ccccc1F)Nc1cncc(C(=O)O)c1. The number of halogens is 1. The topological polar surface area (TPSA) is 79.3 Å². The second-order valence-corrected chi connectivity index (χ2v) is 4.08. The standard InChI is InChI=1S/C14H11FN2O3/c15-12-4-2-1-3-9(12)6-13(18)17-11-5-10(14(19)20)7-16-8-11/h1-5,7-8H,6H2,(H,17,18)(H,19,20). The van der Waals surface area contributed by atoms with Crippen LogP contribution in [0.15, 0.2) is 42.7 Å². The van der Waals surface area contributed by atoms with E-state index < -0.39 is 17.7 Å². The van der Waals surface area contributed by atoms with Gasteiger partial charge in [0, 0.05) is 6.20 Å². The molecule has 0 fully saturated rings. The number of pyridine rings is 1. The zero-order valence-corrected chi connectivity index (χ0v) is 10.3. The third kappa shape index (κ3) is 3.38. The lowest BCUT2D eigenvalue weighted by Gasteiger charge is -2.06. The largest absolute Gasteiger partial charge is 0.478 e. The molecule has 1 aromatic heterocycles. The molecule has 1 heterocycles. The van der Waals surface area contributed by atoms with Crippen molar-refractivity contribution in [2.75, 3.05) is 5.32 Å². The number of carboxylic acids is 1. The number of rotatable bonds is 4. The van der Waals surface area contributed by atoms with Gasteiger partial charge in [-0.25, -0.2) is 9.18 Å². The van der Waals surface area contributed by atoms with E-state index in [0.717, 1.165) is 0 Å². The third-order valence-electron chi connectivity index (χ3n) is 2.58. The average molecular weight is 274 g/mol. The molecule has 0 saturated carbocycles. The number of carboxylic acid groups (broad SMARTS) is 1. The number of benzene rings is 1. The van der Waals surface area contributed by atoms with Gasteiger partial charge in [0.25, 0.3) is 0 Å². The molecular weight excluding hydrogens is 263 g/mol. The summed E-state index contributed by atoms with van der Waals surface area (Å²) in [5, 5.41) is 11.3. The van der Waals surface area contributed by atoms with E-state index in [1.54, 1.807) is 6.07 Å². The van der Waals surface area contributed by atoms with Crippen molar-refractivity contribution in [3.63, 3.8) is 0 Å². The Kier molecular flexibility index (Phi) is 4.05. The molecule has 2 N–H and O–H groups in total. The number of nitrogens with zero attached hydrogens (tertiary/aromatic N) is 1. The fourth-order valence-corrected chi connectivity index (χ4v) is 1.65. The Bertz CT molecular complexity index is 658. The van der Waals surface area contributed by atoms with Gasteiger partial charge < -0.3 is 10.4 Å². The third-order valence-corrected chi connectivity index (χ3v) is 2.58. The molecule has 0 radical (unpaired) electrons. The van der Waals surface area contributed by atoms with Crippen molar-refractivity contribution in [3.8, 4) is 0 Å². The highest BCUT2D eigenvalue weighted by atomic mass is 19.1. The van der Waals surface area contributed by atoms with E-state index in [1.165, 1.54) is 36.7 Å². The number of carbonyl (C=O) groups excluding carboxylic acids is 1. The van der Waals surface area contributed by atoms with Crippen LogP contribution in [0.4, 0.5) is 10.1 Å². The van der Waals surface area contributed by atoms with Crippen LogP contribution in [0.1, 0.15) is 15.9 Å². The molecule has 20 heavy (non-hydrogen) atoms. The highest BCUT2D eigenvalue weighted by molar-refractivity contribution is 5.94. The van der Waals surface area contributed by atoms with E-state index >= 15 is 0 Å². The van der Waals surface area contributed by atoms with Gasteiger partial charge in [-0.2, -0.15) is 0 Å². The Morgan fingerprint density at radius 2 is 2.00 bits per heavy atom. The van der Waals surface area contributed by atoms with E-state index in [4.69, 9.17) is 5.11 Å². The molecule has 0 spiro atoms. The minimum absolute atomic E-state index is 0.0336. The summed E-state index contributed by atoms with van der Waals surface area (Å²) >= 11 is 0. The molecule has 2 aromatic rings. The summed E-state index contributed by atoms with van der Waals surface area (Å²) in [6, 6.07) is 7.25. The first-order chi connectivity index (χ1) is 9.56. The van der Waals surface area contributed by atoms with Gasteiger partial charge in [0.15, 0.2) is 0 Å². The highest BCUT2D eigenvalue weighted by Gasteiger charge is 2.09. The number of amides is 1. The van der Waals surface area contributed by atoms with Crippen LogP contribution in [0.5, 0.6) is 0 Å². The van der Waals surface area contributed by atoms with E-state index in [-0.39, 0.29) is 23.2 Å². The van der Waals surface area contributed by atoms with Crippen molar-refractivity contribution in [1.82, 2.24) is 4.98 Å². The summed E-state index contributed by atoms with van der Waals surface area (Å²) in [6.07, 6.45) is 2.37. The van der Waals surface area contributed by atoms with E-state index in [1.807, 2.05) is 0 Å². The summed E-state index contributed by atoms with van der Waals surface area (Å²) in [5.74, 6) is -2.04. The summed E-state index contributed by atoms with van der Waals surface area (Å²) in [4.78, 5) is 26.2. The number of aromatic carboxylic acids is 1. The zero-order valence-electron chi connectivity index (χ0n) is 10.3. The predicted octanol–water partition coefficient (Wildman–Crippen LogP) is 2.10. The van der Waals surface area contributed by atoms with Crippen molar-refractivity contribution < 1.29 is 19.1 Å². The first kappa shape index (κ1) is 13.7. The van der Waals surface area contributed by atoms with Crippen LogP contribution in [0.2, 0.25) is 0 Å². The lowest BCUT2D eigenvalue weighted by atomic mass is 10.1. The molecule has 5 nitrogen and oxygen atoms in total. The molecule has 0 unspecified atom stereocenters. The number of anilines is 1. The number of nitrogens with one attached hydrogen (secondary N) is 1. The number of aromatic nitrogens is 1. The zero-order chi connectivity index (χ0) is 14.5. The van der Waals surface area contributed by atoms with Crippen LogP contribution >= 0.6 is 0 Å². The minimum atomic E-state index is -1.14. The van der Waals surface area contributed by atoms with Gasteiger partial charge in [-0.1, -0.05) is 18.2 Å². The summed E-state index contributed by atoms with van der Waals surface area (Å²) in [6.45, 7) is 0. The lowest BCUT2D eigenvalue weighted by Crippen LogP contribution is -2.15. The smallest absolute Gasteiger partial charge is 0.337 e. The van der Waals surface area contributed by atoms with Crippen molar-refractivity contribution in [3.05, 3.63) is 59.7 Å².